The van der Waals surface area contributed by atoms with Gasteiger partial charge in [0.05, 0.1) is 13.2 Å². The average Bonchev–Trinajstić information content (AvgIpc) is 2.85. The van der Waals surface area contributed by atoms with Crippen LogP contribution in [0.1, 0.15) is 6.42 Å². The summed E-state index contributed by atoms with van der Waals surface area (Å²) in [5, 5.41) is 2.90. The number of imide groups is 1. The maximum Gasteiger partial charge on any atom is 0.417 e. The van der Waals surface area contributed by atoms with Gasteiger partial charge in [-0.05, 0) is 6.42 Å². The Bertz CT molecular complexity index is 327. The molecule has 0 aliphatic carbocycles. The minimum atomic E-state index is -0.637. The molecule has 0 unspecified atom stereocenters. The van der Waals surface area contributed by atoms with Gasteiger partial charge in [0.25, 0.3) is 5.91 Å². The number of cyclic esters (lactones) is 1. The number of hydrogen-bond donors (Lipinski definition) is 1. The van der Waals surface area contributed by atoms with Crippen molar-refractivity contribution < 1.29 is 23.9 Å². The zero-order valence-corrected chi connectivity index (χ0v) is 8.76. The fourth-order valence-corrected chi connectivity index (χ4v) is 1.95. The summed E-state index contributed by atoms with van der Waals surface area (Å²) in [7, 11) is 1.30. The number of esters is 1. The lowest BCUT2D eigenvalue weighted by atomic mass is 10.1. The van der Waals surface area contributed by atoms with E-state index >= 15 is 0 Å². The second-order valence-corrected chi connectivity index (χ2v) is 3.69. The molecule has 2 fully saturated rings. The number of hydrogen-bond acceptors (Lipinski definition) is 6. The Morgan fingerprint density at radius 1 is 1.56 bits per heavy atom. The first kappa shape index (κ1) is 10.9. The molecule has 0 aromatic rings. The fraction of sp³-hybridized carbons (Fsp3) is 0.667. The molecule has 2 saturated heterocycles. The largest absolute Gasteiger partial charge is 0.468 e. The van der Waals surface area contributed by atoms with Crippen molar-refractivity contribution in [3.8, 4) is 0 Å². The first-order valence-corrected chi connectivity index (χ1v) is 4.93. The lowest BCUT2D eigenvalue weighted by molar-refractivity contribution is -0.143. The molecule has 1 N–H and O–H groups in total. The third-order valence-electron chi connectivity index (χ3n) is 2.74. The van der Waals surface area contributed by atoms with Crippen LogP contribution in [0.3, 0.4) is 0 Å². The first-order chi connectivity index (χ1) is 7.63. The van der Waals surface area contributed by atoms with E-state index in [9.17, 15) is 14.4 Å². The minimum Gasteiger partial charge on any atom is -0.468 e. The van der Waals surface area contributed by atoms with Crippen LogP contribution in [0.15, 0.2) is 0 Å². The molecule has 0 saturated carbocycles. The van der Waals surface area contributed by atoms with Crippen molar-refractivity contribution in [1.82, 2.24) is 10.2 Å². The van der Waals surface area contributed by atoms with E-state index in [1.54, 1.807) is 0 Å². The fourth-order valence-electron chi connectivity index (χ4n) is 1.95. The van der Waals surface area contributed by atoms with Crippen LogP contribution in [0.4, 0.5) is 4.79 Å². The quantitative estimate of drug-likeness (QED) is 0.602. The highest BCUT2D eigenvalue weighted by molar-refractivity contribution is 5.98. The summed E-state index contributed by atoms with van der Waals surface area (Å²) in [6.45, 7) is 0.179. The second-order valence-electron chi connectivity index (χ2n) is 3.69. The topological polar surface area (TPSA) is 84.9 Å². The maximum absolute atomic E-state index is 11.4. The number of rotatable bonds is 2. The van der Waals surface area contributed by atoms with E-state index < -0.39 is 12.1 Å². The molecular weight excluding hydrogens is 216 g/mol. The highest BCUT2D eigenvalue weighted by atomic mass is 16.6. The van der Waals surface area contributed by atoms with Crippen molar-refractivity contribution >= 4 is 18.0 Å². The number of amides is 2. The molecule has 2 amide bonds. The number of carbonyl (C=O) groups excluding carboxylic acids is 3. The van der Waals surface area contributed by atoms with E-state index in [0.717, 1.165) is 4.90 Å². The van der Waals surface area contributed by atoms with Gasteiger partial charge < -0.3 is 14.8 Å². The number of carbonyl (C=O) groups is 3. The second kappa shape index (κ2) is 4.09. The number of ether oxygens (including phenoxy) is 2. The molecule has 88 valence electrons. The molecule has 7 nitrogen and oxygen atoms in total. The molecule has 0 aromatic carbocycles. The van der Waals surface area contributed by atoms with Gasteiger partial charge in [-0.15, -0.1) is 0 Å². The zero-order valence-electron chi connectivity index (χ0n) is 8.76. The molecule has 0 spiro atoms. The van der Waals surface area contributed by atoms with Gasteiger partial charge in [-0.25, -0.2) is 9.69 Å². The van der Waals surface area contributed by atoms with Crippen LogP contribution in [0, 0.1) is 0 Å². The van der Waals surface area contributed by atoms with E-state index in [-0.39, 0.29) is 24.5 Å². The molecule has 0 bridgehead atoms. The van der Waals surface area contributed by atoms with Gasteiger partial charge in [0, 0.05) is 6.54 Å². The highest BCUT2D eigenvalue weighted by Gasteiger charge is 2.42. The van der Waals surface area contributed by atoms with Gasteiger partial charge in [0.15, 0.2) is 6.61 Å². The lowest BCUT2D eigenvalue weighted by Crippen LogP contribution is -2.40. The molecule has 16 heavy (non-hydrogen) atoms. The summed E-state index contributed by atoms with van der Waals surface area (Å²) in [4.78, 5) is 34.9. The minimum absolute atomic E-state index is 0.210. The van der Waals surface area contributed by atoms with Crippen molar-refractivity contribution in [2.75, 3.05) is 20.3 Å². The highest BCUT2D eigenvalue weighted by Crippen LogP contribution is 2.19. The summed E-state index contributed by atoms with van der Waals surface area (Å²) < 4.78 is 9.18. The monoisotopic (exact) mass is 228 g/mol. The SMILES string of the molecule is COC(=O)[C@@H]1C[C@H](N2C(=O)COC2=O)CN1. The molecule has 0 radical (unpaired) electrons. The summed E-state index contributed by atoms with van der Waals surface area (Å²) >= 11 is 0. The number of methoxy groups -OCH3 is 1. The molecule has 7 heteroatoms. The van der Waals surface area contributed by atoms with Gasteiger partial charge in [-0.3, -0.25) is 9.59 Å². The van der Waals surface area contributed by atoms with Gasteiger partial charge in [0.2, 0.25) is 0 Å². The van der Waals surface area contributed by atoms with Crippen LogP contribution in [0.2, 0.25) is 0 Å². The van der Waals surface area contributed by atoms with Crippen molar-refractivity contribution in [3.63, 3.8) is 0 Å². The van der Waals surface area contributed by atoms with Crippen molar-refractivity contribution in [3.05, 3.63) is 0 Å². The van der Waals surface area contributed by atoms with Crippen molar-refractivity contribution in [2.45, 2.75) is 18.5 Å². The van der Waals surface area contributed by atoms with Gasteiger partial charge in [0.1, 0.15) is 6.04 Å². The predicted molar refractivity (Wildman–Crippen MR) is 50.4 cm³/mol. The smallest absolute Gasteiger partial charge is 0.417 e. The Labute approximate surface area is 91.7 Å². The number of nitrogens with one attached hydrogen (secondary N) is 1. The van der Waals surface area contributed by atoms with Crippen molar-refractivity contribution in [1.29, 1.82) is 0 Å². The lowest BCUT2D eigenvalue weighted by Gasteiger charge is -2.17. The Kier molecular flexibility index (Phi) is 2.78. The van der Waals surface area contributed by atoms with E-state index in [4.69, 9.17) is 0 Å². The standard InChI is InChI=1S/C9H12N2O5/c1-15-8(13)6-2-5(3-10-6)11-7(12)4-16-9(11)14/h5-6,10H,2-4H2,1H3/t5-,6-/m0/s1. The Hall–Kier alpha value is -1.63. The van der Waals surface area contributed by atoms with Gasteiger partial charge >= 0.3 is 12.1 Å². The van der Waals surface area contributed by atoms with Crippen LogP contribution >= 0.6 is 0 Å². The molecule has 2 aliphatic heterocycles. The van der Waals surface area contributed by atoms with E-state index in [2.05, 4.69) is 14.8 Å². The van der Waals surface area contributed by atoms with Crippen LogP contribution in [0.5, 0.6) is 0 Å². The normalized spacial score (nSPS) is 29.4. The zero-order chi connectivity index (χ0) is 11.7. The van der Waals surface area contributed by atoms with Gasteiger partial charge in [-0.2, -0.15) is 0 Å². The first-order valence-electron chi connectivity index (χ1n) is 4.93. The molecule has 2 aliphatic rings. The molecule has 2 heterocycles. The summed E-state index contributed by atoms with van der Waals surface area (Å²) in [5.74, 6) is -0.746. The molecular formula is C9H12N2O5. The van der Waals surface area contributed by atoms with Crippen LogP contribution in [-0.2, 0) is 19.1 Å². The Balaban J connectivity index is 2.00. The summed E-state index contributed by atoms with van der Waals surface area (Å²) in [6.07, 6.45) is -0.268. The van der Waals surface area contributed by atoms with Crippen molar-refractivity contribution in [2.24, 2.45) is 0 Å². The van der Waals surface area contributed by atoms with E-state index in [1.165, 1.54) is 7.11 Å². The van der Waals surface area contributed by atoms with Crippen LogP contribution in [0.25, 0.3) is 0 Å². The van der Waals surface area contributed by atoms with E-state index in [0.29, 0.717) is 13.0 Å². The third kappa shape index (κ3) is 1.73. The van der Waals surface area contributed by atoms with E-state index in [1.807, 2.05) is 0 Å². The summed E-state index contributed by atoms with van der Waals surface area (Å²) in [5.41, 5.74) is 0. The Morgan fingerprint density at radius 2 is 2.31 bits per heavy atom. The maximum atomic E-state index is 11.4. The van der Waals surface area contributed by atoms with Crippen LogP contribution in [-0.4, -0.2) is 55.2 Å². The van der Waals surface area contributed by atoms with Crippen LogP contribution < -0.4 is 5.32 Å². The average molecular weight is 228 g/mol. The third-order valence-corrected chi connectivity index (χ3v) is 2.74. The van der Waals surface area contributed by atoms with Gasteiger partial charge in [-0.1, -0.05) is 0 Å². The summed E-state index contributed by atoms with van der Waals surface area (Å²) in [6, 6.07) is -0.789. The molecule has 0 aromatic heterocycles. The number of nitrogens with zero attached hydrogens (tertiary/aromatic N) is 1. The predicted octanol–water partition coefficient (Wildman–Crippen LogP) is -1.13. The Morgan fingerprint density at radius 3 is 2.88 bits per heavy atom. The molecule has 2 atom stereocenters. The molecule has 2 rings (SSSR count).